The molecule has 0 aliphatic heterocycles. The number of halogens is 3. The zero-order chi connectivity index (χ0) is 14.4. The number of nitrogens with two attached hydrogens (primary N) is 1. The highest BCUT2D eigenvalue weighted by Gasteiger charge is 2.45. The van der Waals surface area contributed by atoms with E-state index in [0.29, 0.717) is 6.42 Å². The smallest absolute Gasteiger partial charge is 0.325 e. The summed E-state index contributed by atoms with van der Waals surface area (Å²) >= 11 is 0. The highest BCUT2D eigenvalue weighted by Crippen LogP contribution is 2.42. The molecule has 2 N–H and O–H groups in total. The quantitative estimate of drug-likeness (QED) is 0.638. The number of rotatable bonds is 7. The van der Waals surface area contributed by atoms with Crippen molar-refractivity contribution in [1.29, 1.82) is 0 Å². The molecule has 0 aromatic carbocycles. The van der Waals surface area contributed by atoms with Crippen molar-refractivity contribution in [3.63, 3.8) is 0 Å². The SMILES string of the molecule is CCCCCCCCC1(N)CCCC(C(F)(F)F)C1. The Morgan fingerprint density at radius 1 is 1.11 bits per heavy atom. The van der Waals surface area contributed by atoms with E-state index >= 15 is 0 Å². The van der Waals surface area contributed by atoms with E-state index in [9.17, 15) is 13.2 Å². The summed E-state index contributed by atoms with van der Waals surface area (Å²) in [5.74, 6) is -1.17. The van der Waals surface area contributed by atoms with E-state index in [1.165, 1.54) is 25.7 Å². The highest BCUT2D eigenvalue weighted by atomic mass is 19.4. The van der Waals surface area contributed by atoms with Gasteiger partial charge in [0.15, 0.2) is 0 Å². The number of unbranched alkanes of at least 4 members (excludes halogenated alkanes) is 5. The van der Waals surface area contributed by atoms with Gasteiger partial charge in [-0.05, 0) is 25.7 Å². The van der Waals surface area contributed by atoms with Crippen molar-refractivity contribution in [2.24, 2.45) is 11.7 Å². The van der Waals surface area contributed by atoms with Gasteiger partial charge in [-0.3, -0.25) is 0 Å². The molecule has 0 aromatic heterocycles. The van der Waals surface area contributed by atoms with Gasteiger partial charge in [0, 0.05) is 5.54 Å². The highest BCUT2D eigenvalue weighted by molar-refractivity contribution is 4.92. The molecule has 2 atom stereocenters. The van der Waals surface area contributed by atoms with Crippen LogP contribution in [0.5, 0.6) is 0 Å². The van der Waals surface area contributed by atoms with Crippen molar-refractivity contribution in [2.75, 3.05) is 0 Å². The second-order valence-corrected chi connectivity index (χ2v) is 6.22. The molecule has 0 aromatic rings. The predicted octanol–water partition coefficient (Wildman–Crippen LogP) is 5.19. The van der Waals surface area contributed by atoms with E-state index in [0.717, 1.165) is 25.7 Å². The Morgan fingerprint density at radius 3 is 2.37 bits per heavy atom. The van der Waals surface area contributed by atoms with Gasteiger partial charge in [-0.15, -0.1) is 0 Å². The topological polar surface area (TPSA) is 26.0 Å². The molecule has 0 bridgehead atoms. The molecule has 0 heterocycles. The van der Waals surface area contributed by atoms with Gasteiger partial charge in [0.2, 0.25) is 0 Å². The molecule has 114 valence electrons. The van der Waals surface area contributed by atoms with Crippen LogP contribution in [0.15, 0.2) is 0 Å². The first kappa shape index (κ1) is 16.8. The van der Waals surface area contributed by atoms with E-state index in [2.05, 4.69) is 6.92 Å². The fourth-order valence-electron chi connectivity index (χ4n) is 3.16. The lowest BCUT2D eigenvalue weighted by Gasteiger charge is -2.39. The van der Waals surface area contributed by atoms with E-state index in [1.54, 1.807) is 0 Å². The minimum Gasteiger partial charge on any atom is -0.325 e. The molecule has 2 unspecified atom stereocenters. The third-order valence-electron chi connectivity index (χ3n) is 4.37. The third-order valence-corrected chi connectivity index (χ3v) is 4.37. The summed E-state index contributed by atoms with van der Waals surface area (Å²) < 4.78 is 38.3. The van der Waals surface area contributed by atoms with E-state index in [1.807, 2.05) is 0 Å². The summed E-state index contributed by atoms with van der Waals surface area (Å²) in [6.45, 7) is 2.17. The minimum absolute atomic E-state index is 0.130. The molecule has 0 amide bonds. The molecule has 1 saturated carbocycles. The maximum Gasteiger partial charge on any atom is 0.391 e. The molecule has 1 aliphatic rings. The number of hydrogen-bond donors (Lipinski definition) is 1. The fraction of sp³-hybridized carbons (Fsp3) is 1.00. The molecular weight excluding hydrogens is 251 g/mol. The zero-order valence-electron chi connectivity index (χ0n) is 12.1. The van der Waals surface area contributed by atoms with Gasteiger partial charge < -0.3 is 5.73 Å². The lowest BCUT2D eigenvalue weighted by atomic mass is 9.73. The molecule has 1 rings (SSSR count). The van der Waals surface area contributed by atoms with Gasteiger partial charge in [0.25, 0.3) is 0 Å². The standard InChI is InChI=1S/C15H28F3N/c1-2-3-4-5-6-7-10-14(19)11-8-9-13(12-14)15(16,17)18/h13H,2-12,19H2,1H3. The van der Waals surface area contributed by atoms with Crippen molar-refractivity contribution >= 4 is 0 Å². The molecule has 0 radical (unpaired) electrons. The van der Waals surface area contributed by atoms with Crippen molar-refractivity contribution in [3.8, 4) is 0 Å². The Balaban J connectivity index is 2.27. The summed E-state index contributed by atoms with van der Waals surface area (Å²) in [5.41, 5.74) is 5.62. The summed E-state index contributed by atoms with van der Waals surface area (Å²) in [6, 6.07) is 0. The summed E-state index contributed by atoms with van der Waals surface area (Å²) in [6.07, 6.45) is 5.44. The summed E-state index contributed by atoms with van der Waals surface area (Å²) in [5, 5.41) is 0. The maximum atomic E-state index is 12.8. The van der Waals surface area contributed by atoms with Gasteiger partial charge in [-0.2, -0.15) is 13.2 Å². The van der Waals surface area contributed by atoms with Crippen LogP contribution in [0.4, 0.5) is 13.2 Å². The largest absolute Gasteiger partial charge is 0.391 e. The van der Waals surface area contributed by atoms with Crippen molar-refractivity contribution in [1.82, 2.24) is 0 Å². The second kappa shape index (κ2) is 7.51. The van der Waals surface area contributed by atoms with E-state index < -0.39 is 17.6 Å². The number of hydrogen-bond acceptors (Lipinski definition) is 1. The lowest BCUT2D eigenvalue weighted by Crippen LogP contribution is -2.47. The Hall–Kier alpha value is -0.250. The van der Waals surface area contributed by atoms with Crippen LogP contribution < -0.4 is 5.73 Å². The monoisotopic (exact) mass is 279 g/mol. The molecular formula is C15H28F3N. The first-order chi connectivity index (χ1) is 8.87. The second-order valence-electron chi connectivity index (χ2n) is 6.22. The Kier molecular flexibility index (Phi) is 6.64. The van der Waals surface area contributed by atoms with Crippen LogP contribution in [-0.2, 0) is 0 Å². The van der Waals surface area contributed by atoms with Crippen molar-refractivity contribution < 1.29 is 13.2 Å². The first-order valence-electron chi connectivity index (χ1n) is 7.73. The lowest BCUT2D eigenvalue weighted by molar-refractivity contribution is -0.187. The van der Waals surface area contributed by atoms with Crippen LogP contribution >= 0.6 is 0 Å². The maximum absolute atomic E-state index is 12.8. The van der Waals surface area contributed by atoms with Crippen molar-refractivity contribution in [2.45, 2.75) is 89.3 Å². The average molecular weight is 279 g/mol. The molecule has 1 aliphatic carbocycles. The van der Waals surface area contributed by atoms with Crippen LogP contribution in [0.2, 0.25) is 0 Å². The van der Waals surface area contributed by atoms with Crippen LogP contribution in [0.1, 0.15) is 77.6 Å². The van der Waals surface area contributed by atoms with Gasteiger partial charge in [0.05, 0.1) is 5.92 Å². The molecule has 4 heteroatoms. The van der Waals surface area contributed by atoms with Gasteiger partial charge >= 0.3 is 6.18 Å². The molecule has 1 fully saturated rings. The van der Waals surface area contributed by atoms with Crippen molar-refractivity contribution in [3.05, 3.63) is 0 Å². The Morgan fingerprint density at radius 2 is 1.74 bits per heavy atom. The van der Waals surface area contributed by atoms with E-state index in [-0.39, 0.29) is 12.8 Å². The van der Waals surface area contributed by atoms with Crippen LogP contribution in [0.3, 0.4) is 0 Å². The Bertz CT molecular complexity index is 252. The van der Waals surface area contributed by atoms with Crippen LogP contribution in [0, 0.1) is 5.92 Å². The Labute approximate surface area is 115 Å². The molecule has 1 nitrogen and oxygen atoms in total. The van der Waals surface area contributed by atoms with E-state index in [4.69, 9.17) is 5.73 Å². The third kappa shape index (κ3) is 6.15. The van der Waals surface area contributed by atoms with Crippen LogP contribution in [0.25, 0.3) is 0 Å². The molecule has 19 heavy (non-hydrogen) atoms. The van der Waals surface area contributed by atoms with Gasteiger partial charge in [0.1, 0.15) is 0 Å². The number of alkyl halides is 3. The summed E-state index contributed by atoms with van der Waals surface area (Å²) in [7, 11) is 0. The average Bonchev–Trinajstić information content (AvgIpc) is 2.32. The molecule has 0 spiro atoms. The minimum atomic E-state index is -4.06. The fourth-order valence-corrected chi connectivity index (χ4v) is 3.16. The van der Waals surface area contributed by atoms with Gasteiger partial charge in [-0.25, -0.2) is 0 Å². The van der Waals surface area contributed by atoms with Gasteiger partial charge in [-0.1, -0.05) is 51.9 Å². The predicted molar refractivity (Wildman–Crippen MR) is 72.9 cm³/mol. The molecule has 0 saturated heterocycles. The summed E-state index contributed by atoms with van der Waals surface area (Å²) in [4.78, 5) is 0. The van der Waals surface area contributed by atoms with Crippen LogP contribution in [-0.4, -0.2) is 11.7 Å². The first-order valence-corrected chi connectivity index (χ1v) is 7.73. The normalized spacial score (nSPS) is 28.6. The zero-order valence-corrected chi connectivity index (χ0v) is 12.1.